The van der Waals surface area contributed by atoms with Crippen molar-refractivity contribution in [3.05, 3.63) is 47.0 Å². The fraction of sp³-hybridized carbons (Fsp3) is 0.357. The molecule has 0 saturated heterocycles. The maximum absolute atomic E-state index is 12.8. The van der Waals surface area contributed by atoms with Crippen LogP contribution in [0.4, 0.5) is 10.1 Å². The number of nitrogens with zero attached hydrogens (tertiary/aromatic N) is 1. The Morgan fingerprint density at radius 2 is 1.94 bits per heavy atom. The molecule has 1 atom stereocenters. The Hall–Kier alpha value is -1.84. The fourth-order valence-electron chi connectivity index (χ4n) is 2.04. The van der Waals surface area contributed by atoms with E-state index in [1.807, 2.05) is 26.0 Å². The second-order valence-electron chi connectivity index (χ2n) is 4.68. The molecular weight excluding hydrogens is 229 g/mol. The van der Waals surface area contributed by atoms with Gasteiger partial charge in [-0.1, -0.05) is 12.1 Å². The molecule has 2 aromatic rings. The number of anilines is 1. The summed E-state index contributed by atoms with van der Waals surface area (Å²) in [6.45, 7) is 6.07. The van der Waals surface area contributed by atoms with Gasteiger partial charge in [-0.3, -0.25) is 5.10 Å². The van der Waals surface area contributed by atoms with E-state index in [-0.39, 0.29) is 11.9 Å². The van der Waals surface area contributed by atoms with Gasteiger partial charge in [0.1, 0.15) is 5.82 Å². The smallest absolute Gasteiger partial charge is 0.123 e. The first kappa shape index (κ1) is 12.6. The quantitative estimate of drug-likeness (QED) is 0.871. The van der Waals surface area contributed by atoms with Crippen LogP contribution in [0.1, 0.15) is 23.9 Å². The van der Waals surface area contributed by atoms with Gasteiger partial charge in [-0.15, -0.1) is 0 Å². The number of benzene rings is 1. The Bertz CT molecular complexity index is 497. The number of hydrogen-bond donors (Lipinski definition) is 2. The second kappa shape index (κ2) is 5.21. The normalized spacial score (nSPS) is 12.4. The number of aromatic nitrogens is 2. The van der Waals surface area contributed by atoms with Crippen LogP contribution >= 0.6 is 0 Å². The monoisotopic (exact) mass is 247 g/mol. The van der Waals surface area contributed by atoms with E-state index in [4.69, 9.17) is 0 Å². The highest BCUT2D eigenvalue weighted by Crippen LogP contribution is 2.18. The minimum absolute atomic E-state index is 0.194. The van der Waals surface area contributed by atoms with Crippen LogP contribution in [-0.2, 0) is 6.42 Å². The second-order valence-corrected chi connectivity index (χ2v) is 4.68. The highest BCUT2D eigenvalue weighted by molar-refractivity contribution is 5.52. The Morgan fingerprint density at radius 3 is 2.50 bits per heavy atom. The van der Waals surface area contributed by atoms with E-state index in [0.29, 0.717) is 0 Å². The van der Waals surface area contributed by atoms with Gasteiger partial charge in [-0.25, -0.2) is 4.39 Å². The van der Waals surface area contributed by atoms with Crippen molar-refractivity contribution in [1.82, 2.24) is 10.2 Å². The lowest BCUT2D eigenvalue weighted by atomic mass is 10.1. The molecule has 1 unspecified atom stereocenters. The lowest BCUT2D eigenvalue weighted by molar-refractivity contribution is 0.626. The average Bonchev–Trinajstić information content (AvgIpc) is 2.64. The number of halogens is 1. The summed E-state index contributed by atoms with van der Waals surface area (Å²) in [6, 6.07) is 6.91. The number of H-pyrrole nitrogens is 1. The molecule has 4 heteroatoms. The SMILES string of the molecule is Cc1n[nH]c(C)c1NC(C)Cc1ccc(F)cc1. The van der Waals surface area contributed by atoms with Crippen LogP contribution in [0, 0.1) is 19.7 Å². The third kappa shape index (κ3) is 2.88. The number of aromatic amines is 1. The molecule has 1 heterocycles. The van der Waals surface area contributed by atoms with Crippen molar-refractivity contribution in [3.63, 3.8) is 0 Å². The van der Waals surface area contributed by atoms with E-state index in [1.54, 1.807) is 0 Å². The van der Waals surface area contributed by atoms with Crippen LogP contribution in [0.5, 0.6) is 0 Å². The molecule has 0 saturated carbocycles. The van der Waals surface area contributed by atoms with Crippen molar-refractivity contribution < 1.29 is 4.39 Å². The topological polar surface area (TPSA) is 40.7 Å². The molecule has 1 aromatic carbocycles. The van der Waals surface area contributed by atoms with Crippen LogP contribution in [0.15, 0.2) is 24.3 Å². The number of rotatable bonds is 4. The molecule has 0 amide bonds. The average molecular weight is 247 g/mol. The van der Waals surface area contributed by atoms with Crippen molar-refractivity contribution in [1.29, 1.82) is 0 Å². The van der Waals surface area contributed by atoms with E-state index < -0.39 is 0 Å². The van der Waals surface area contributed by atoms with E-state index in [1.165, 1.54) is 12.1 Å². The van der Waals surface area contributed by atoms with E-state index >= 15 is 0 Å². The first-order chi connectivity index (χ1) is 8.56. The predicted molar refractivity (Wildman–Crippen MR) is 71.3 cm³/mol. The molecule has 0 aliphatic heterocycles. The zero-order chi connectivity index (χ0) is 13.1. The molecule has 0 bridgehead atoms. The summed E-state index contributed by atoms with van der Waals surface area (Å²) in [5, 5.41) is 10.5. The van der Waals surface area contributed by atoms with Gasteiger partial charge in [0.05, 0.1) is 17.1 Å². The third-order valence-electron chi connectivity index (χ3n) is 2.97. The Morgan fingerprint density at radius 1 is 1.28 bits per heavy atom. The molecule has 1 aromatic heterocycles. The van der Waals surface area contributed by atoms with Crippen molar-refractivity contribution in [2.75, 3.05) is 5.32 Å². The third-order valence-corrected chi connectivity index (χ3v) is 2.97. The maximum Gasteiger partial charge on any atom is 0.123 e. The Balaban J connectivity index is 2.01. The molecule has 96 valence electrons. The number of aryl methyl sites for hydroxylation is 2. The predicted octanol–water partition coefficient (Wildman–Crippen LogP) is 3.21. The Kier molecular flexibility index (Phi) is 3.65. The van der Waals surface area contributed by atoms with Crippen LogP contribution in [0.3, 0.4) is 0 Å². The van der Waals surface area contributed by atoms with Gasteiger partial charge >= 0.3 is 0 Å². The van der Waals surface area contributed by atoms with Crippen LogP contribution in [0.2, 0.25) is 0 Å². The maximum atomic E-state index is 12.8. The minimum Gasteiger partial charge on any atom is -0.379 e. The summed E-state index contributed by atoms with van der Waals surface area (Å²) in [5.41, 5.74) is 4.19. The summed E-state index contributed by atoms with van der Waals surface area (Å²) in [4.78, 5) is 0. The number of nitrogens with one attached hydrogen (secondary N) is 2. The van der Waals surface area contributed by atoms with Gasteiger partial charge in [-0.2, -0.15) is 5.10 Å². The Labute approximate surface area is 106 Å². The summed E-state index contributed by atoms with van der Waals surface area (Å²) in [7, 11) is 0. The molecule has 0 fully saturated rings. The van der Waals surface area contributed by atoms with E-state index in [2.05, 4.69) is 22.4 Å². The highest BCUT2D eigenvalue weighted by Gasteiger charge is 2.10. The molecule has 3 nitrogen and oxygen atoms in total. The summed E-state index contributed by atoms with van der Waals surface area (Å²) < 4.78 is 12.8. The molecule has 0 aliphatic carbocycles. The largest absolute Gasteiger partial charge is 0.379 e. The summed E-state index contributed by atoms with van der Waals surface area (Å²) in [5.74, 6) is -0.194. The lowest BCUT2D eigenvalue weighted by Crippen LogP contribution is -2.18. The van der Waals surface area contributed by atoms with Crippen LogP contribution < -0.4 is 5.32 Å². The first-order valence-electron chi connectivity index (χ1n) is 6.09. The number of hydrogen-bond acceptors (Lipinski definition) is 2. The van der Waals surface area contributed by atoms with E-state index in [0.717, 1.165) is 29.1 Å². The molecular formula is C14H18FN3. The zero-order valence-corrected chi connectivity index (χ0v) is 10.9. The fourth-order valence-corrected chi connectivity index (χ4v) is 2.04. The van der Waals surface area contributed by atoms with Gasteiger partial charge < -0.3 is 5.32 Å². The lowest BCUT2D eigenvalue weighted by Gasteiger charge is -2.15. The van der Waals surface area contributed by atoms with Gasteiger partial charge in [0, 0.05) is 6.04 Å². The molecule has 2 N–H and O–H groups in total. The highest BCUT2D eigenvalue weighted by atomic mass is 19.1. The molecule has 2 rings (SSSR count). The zero-order valence-electron chi connectivity index (χ0n) is 10.9. The van der Waals surface area contributed by atoms with Crippen LogP contribution in [-0.4, -0.2) is 16.2 Å². The van der Waals surface area contributed by atoms with Gasteiger partial charge in [0.25, 0.3) is 0 Å². The van der Waals surface area contributed by atoms with Gasteiger partial charge in [-0.05, 0) is 44.9 Å². The van der Waals surface area contributed by atoms with E-state index in [9.17, 15) is 4.39 Å². The van der Waals surface area contributed by atoms with Crippen molar-refractivity contribution in [3.8, 4) is 0 Å². The molecule has 0 radical (unpaired) electrons. The summed E-state index contributed by atoms with van der Waals surface area (Å²) >= 11 is 0. The summed E-state index contributed by atoms with van der Waals surface area (Å²) in [6.07, 6.45) is 0.852. The van der Waals surface area contributed by atoms with Crippen molar-refractivity contribution in [2.45, 2.75) is 33.2 Å². The minimum atomic E-state index is -0.194. The molecule has 0 aliphatic rings. The molecule has 0 spiro atoms. The van der Waals surface area contributed by atoms with Crippen molar-refractivity contribution in [2.24, 2.45) is 0 Å². The van der Waals surface area contributed by atoms with Crippen LogP contribution in [0.25, 0.3) is 0 Å². The van der Waals surface area contributed by atoms with Gasteiger partial charge in [0.15, 0.2) is 0 Å². The first-order valence-corrected chi connectivity index (χ1v) is 6.09. The molecule has 18 heavy (non-hydrogen) atoms. The van der Waals surface area contributed by atoms with Gasteiger partial charge in [0.2, 0.25) is 0 Å². The standard InChI is InChI=1S/C14H18FN3/c1-9(8-12-4-6-13(15)7-5-12)16-14-10(2)17-18-11(14)3/h4-7,9,16H,8H2,1-3H3,(H,17,18). The van der Waals surface area contributed by atoms with Crippen molar-refractivity contribution >= 4 is 5.69 Å².